The van der Waals surface area contributed by atoms with Gasteiger partial charge < -0.3 is 5.31 Å². The van der Waals surface area contributed by atoms with Gasteiger partial charge in [0.1, 0.15) is 0 Å². The molecule has 80 valence electrons. The van der Waals surface area contributed by atoms with Crippen molar-refractivity contribution in [3.63, 3.8) is 0 Å². The molecule has 16 heavy (non-hydrogen) atoms. The Labute approximate surface area is 104 Å². The first-order valence-corrected chi connectivity index (χ1v) is 5.62. The molecule has 0 atom stereocenters. The Kier molecular flexibility index (Phi) is 2.97. The number of halogens is 1. The lowest BCUT2D eigenvalue weighted by atomic mass is 10.3. The standard InChI is InChI=1S/C13H10BrNO/c14-10-6-8-11(9-7-10)15-12-4-2-1-3-5-13(12)16/h1-9H,(H,15,16)/i/hD. The molecule has 0 fully saturated rings. The van der Waals surface area contributed by atoms with Crippen molar-refractivity contribution in [3.8, 4) is 0 Å². The smallest absolute Gasteiger partial charge is 0.201 e. The SMILES string of the molecule is [2H]N(c1ccc(Br)cc1)c1cccccc1=O. The van der Waals surface area contributed by atoms with Crippen molar-refractivity contribution >= 4 is 27.3 Å². The number of rotatable bonds is 2. The van der Waals surface area contributed by atoms with E-state index in [1.165, 1.54) is 6.07 Å². The van der Waals surface area contributed by atoms with Gasteiger partial charge in [-0.1, -0.05) is 34.1 Å². The van der Waals surface area contributed by atoms with Crippen molar-refractivity contribution in [3.05, 3.63) is 69.3 Å². The van der Waals surface area contributed by atoms with Gasteiger partial charge in [-0.25, -0.2) is 0 Å². The Hall–Kier alpha value is -1.61. The minimum absolute atomic E-state index is 0.173. The molecule has 3 heteroatoms. The molecule has 1 N–H and O–H groups in total. The Morgan fingerprint density at radius 2 is 1.69 bits per heavy atom. The number of anilines is 2. The van der Waals surface area contributed by atoms with Gasteiger partial charge in [-0.2, -0.15) is 0 Å². The summed E-state index contributed by atoms with van der Waals surface area (Å²) in [6.45, 7) is 0. The van der Waals surface area contributed by atoms with Crippen LogP contribution in [0, 0.1) is 0 Å². The summed E-state index contributed by atoms with van der Waals surface area (Å²) in [5, 5.41) is 1.13. The van der Waals surface area contributed by atoms with Gasteiger partial charge in [0.05, 0.1) is 5.69 Å². The maximum absolute atomic E-state index is 11.7. The van der Waals surface area contributed by atoms with Crippen LogP contribution >= 0.6 is 15.9 Å². The number of benzene rings is 1. The molecule has 0 saturated carbocycles. The molecule has 2 rings (SSSR count). The van der Waals surface area contributed by atoms with Crippen LogP contribution in [0.1, 0.15) is 0 Å². The Balaban J connectivity index is 2.44. The van der Waals surface area contributed by atoms with Gasteiger partial charge in [0.2, 0.25) is 5.43 Å². The van der Waals surface area contributed by atoms with Crippen LogP contribution in [0.25, 0.3) is 0 Å². The summed E-state index contributed by atoms with van der Waals surface area (Å²) >= 11 is 3.33. The number of hydrogen-bond donors (Lipinski definition) is 1. The monoisotopic (exact) mass is 276 g/mol. The molecule has 0 unspecified atom stereocenters. The third-order valence-electron chi connectivity index (χ3n) is 2.05. The molecule has 2 aromatic rings. The Morgan fingerprint density at radius 3 is 2.44 bits per heavy atom. The average molecular weight is 277 g/mol. The predicted octanol–water partition coefficient (Wildman–Crippen LogP) is 3.55. The van der Waals surface area contributed by atoms with E-state index >= 15 is 0 Å². The Bertz CT molecular complexity index is 571. The second kappa shape index (κ2) is 4.94. The van der Waals surface area contributed by atoms with Crippen LogP contribution in [-0.4, -0.2) is 0 Å². The van der Waals surface area contributed by atoms with Gasteiger partial charge in [-0.05, 0) is 36.4 Å². The maximum Gasteiger partial charge on any atom is 0.201 e. The van der Waals surface area contributed by atoms with E-state index < -0.39 is 0 Å². The van der Waals surface area contributed by atoms with E-state index in [1.54, 1.807) is 36.4 Å². The highest BCUT2D eigenvalue weighted by Gasteiger charge is 1.96. The van der Waals surface area contributed by atoms with Crippen molar-refractivity contribution in [2.45, 2.75) is 0 Å². The van der Waals surface area contributed by atoms with E-state index in [0.717, 1.165) is 9.78 Å². The molecule has 0 aliphatic heterocycles. The van der Waals surface area contributed by atoms with Crippen molar-refractivity contribution < 1.29 is 1.41 Å². The average Bonchev–Trinajstić information content (AvgIpc) is 2.54. The van der Waals surface area contributed by atoms with Crippen LogP contribution in [0.2, 0.25) is 1.41 Å². The van der Waals surface area contributed by atoms with Gasteiger partial charge in [0.25, 0.3) is 0 Å². The highest BCUT2D eigenvalue weighted by Crippen LogP contribution is 2.16. The van der Waals surface area contributed by atoms with Crippen molar-refractivity contribution in [1.29, 1.82) is 0 Å². The quantitative estimate of drug-likeness (QED) is 0.909. The number of nitrogens with one attached hydrogen (secondary N) is 1. The number of hydrogen-bond acceptors (Lipinski definition) is 2. The summed E-state index contributed by atoms with van der Waals surface area (Å²) in [6.07, 6.45) is 0. The van der Waals surface area contributed by atoms with Crippen LogP contribution < -0.4 is 10.7 Å². The molecule has 0 bridgehead atoms. The van der Waals surface area contributed by atoms with E-state index in [1.807, 2.05) is 12.1 Å². The molecule has 0 heterocycles. The lowest BCUT2D eigenvalue weighted by Gasteiger charge is -2.03. The van der Waals surface area contributed by atoms with Crippen LogP contribution in [0.3, 0.4) is 0 Å². The lowest BCUT2D eigenvalue weighted by Crippen LogP contribution is -2.03. The first kappa shape index (κ1) is 9.60. The molecule has 0 aliphatic carbocycles. The van der Waals surface area contributed by atoms with Gasteiger partial charge in [-0.3, -0.25) is 4.79 Å². The second-order valence-electron chi connectivity index (χ2n) is 3.25. The van der Waals surface area contributed by atoms with E-state index in [2.05, 4.69) is 15.9 Å². The minimum atomic E-state index is -0.173. The predicted molar refractivity (Wildman–Crippen MR) is 70.1 cm³/mol. The first-order chi connectivity index (χ1) is 8.18. The van der Waals surface area contributed by atoms with Crippen molar-refractivity contribution in [2.24, 2.45) is 0 Å². The second-order valence-corrected chi connectivity index (χ2v) is 4.16. The van der Waals surface area contributed by atoms with Crippen LogP contribution in [0.5, 0.6) is 0 Å². The lowest BCUT2D eigenvalue weighted by molar-refractivity contribution is 1.52. The fourth-order valence-corrected chi connectivity index (χ4v) is 1.53. The minimum Gasteiger partial charge on any atom is -0.352 e. The molecule has 2 nitrogen and oxygen atoms in total. The zero-order valence-electron chi connectivity index (χ0n) is 9.43. The molecule has 0 saturated heterocycles. The van der Waals surface area contributed by atoms with Gasteiger partial charge >= 0.3 is 0 Å². The fraction of sp³-hybridized carbons (Fsp3) is 0. The van der Waals surface area contributed by atoms with E-state index in [-0.39, 0.29) is 5.43 Å². The molecule has 0 radical (unpaired) electrons. The molecule has 2 aromatic carbocycles. The highest BCUT2D eigenvalue weighted by atomic mass is 79.9. The zero-order valence-corrected chi connectivity index (χ0v) is 10.0. The third-order valence-corrected chi connectivity index (χ3v) is 2.58. The van der Waals surface area contributed by atoms with Crippen LogP contribution in [0.15, 0.2) is 63.9 Å². The Morgan fingerprint density at radius 1 is 1.00 bits per heavy atom. The molecule has 0 aliphatic rings. The maximum atomic E-state index is 11.7. The molecule has 0 amide bonds. The summed E-state index contributed by atoms with van der Waals surface area (Å²) in [4.78, 5) is 11.7. The summed E-state index contributed by atoms with van der Waals surface area (Å²) in [5.74, 6) is 0. The van der Waals surface area contributed by atoms with Gasteiger partial charge in [0, 0.05) is 10.2 Å². The van der Waals surface area contributed by atoms with Crippen LogP contribution in [-0.2, 0) is 0 Å². The molecular weight excluding hydrogens is 266 g/mol. The van der Waals surface area contributed by atoms with Gasteiger partial charge in [-0.15, -0.1) is 0 Å². The normalized spacial score (nSPS) is 10.7. The third kappa shape index (κ3) is 2.70. The van der Waals surface area contributed by atoms with Crippen molar-refractivity contribution in [1.82, 2.24) is 0 Å². The van der Waals surface area contributed by atoms with Gasteiger partial charge in [0.15, 0.2) is 1.41 Å². The zero-order chi connectivity index (χ0) is 12.3. The molecule has 0 spiro atoms. The molecular formula is C13H10BrNO. The largest absolute Gasteiger partial charge is 0.352 e. The first-order valence-electron chi connectivity index (χ1n) is 5.27. The van der Waals surface area contributed by atoms with E-state index in [0.29, 0.717) is 11.4 Å². The fourth-order valence-electron chi connectivity index (χ4n) is 1.27. The topological polar surface area (TPSA) is 29.1 Å². The summed E-state index contributed by atoms with van der Waals surface area (Å²) in [7, 11) is 0. The van der Waals surface area contributed by atoms with Crippen LogP contribution in [0.4, 0.5) is 11.4 Å². The highest BCUT2D eigenvalue weighted by molar-refractivity contribution is 9.10. The van der Waals surface area contributed by atoms with E-state index in [9.17, 15) is 4.79 Å². The molecule has 0 aromatic heterocycles. The van der Waals surface area contributed by atoms with E-state index in [4.69, 9.17) is 1.41 Å². The summed E-state index contributed by atoms with van der Waals surface area (Å²) in [6, 6.07) is 15.5. The van der Waals surface area contributed by atoms with Crippen molar-refractivity contribution in [2.75, 3.05) is 5.31 Å². The summed E-state index contributed by atoms with van der Waals surface area (Å²) in [5.41, 5.74) is 0.807. The summed E-state index contributed by atoms with van der Waals surface area (Å²) < 4.78 is 8.91.